The predicted octanol–water partition coefficient (Wildman–Crippen LogP) is 1.48. The number of sulfonamides is 1. The number of aliphatic carboxylic acids is 1. The summed E-state index contributed by atoms with van der Waals surface area (Å²) < 4.78 is 82.2. The van der Waals surface area contributed by atoms with Gasteiger partial charge in [0.1, 0.15) is 0 Å². The molecule has 0 aliphatic carbocycles. The molecule has 1 aromatic carbocycles. The summed E-state index contributed by atoms with van der Waals surface area (Å²) in [6, 6.07) is 7.42. The van der Waals surface area contributed by atoms with Gasteiger partial charge >= 0.3 is 12.1 Å². The molecule has 1 aromatic rings. The van der Waals surface area contributed by atoms with E-state index >= 15 is 0 Å². The molecule has 0 saturated carbocycles. The molecule has 1 atom stereocenters. The highest BCUT2D eigenvalue weighted by molar-refractivity contribution is 7.90. The Balaban J connectivity index is 0.000000942. The molecule has 46 heavy (non-hydrogen) atoms. The van der Waals surface area contributed by atoms with Gasteiger partial charge in [0.15, 0.2) is 9.84 Å². The highest BCUT2D eigenvalue weighted by atomic mass is 32.2. The van der Waals surface area contributed by atoms with Crippen LogP contribution in [-0.4, -0.2) is 161 Å². The summed E-state index contributed by atoms with van der Waals surface area (Å²) in [6.45, 7) is 11.7. The monoisotopic (exact) mass is 699 g/mol. The molecule has 0 aromatic heterocycles. The smallest absolute Gasteiger partial charge is 0.475 e. The van der Waals surface area contributed by atoms with Gasteiger partial charge in [-0.15, -0.1) is 0 Å². The van der Waals surface area contributed by atoms with Gasteiger partial charge in [-0.3, -0.25) is 9.69 Å². The molecule has 0 bridgehead atoms. The van der Waals surface area contributed by atoms with E-state index in [1.807, 2.05) is 12.1 Å². The Morgan fingerprint density at radius 1 is 0.978 bits per heavy atom. The average Bonchev–Trinajstić information content (AvgIpc) is 2.97. The first-order valence-corrected chi connectivity index (χ1v) is 18.8. The van der Waals surface area contributed by atoms with E-state index in [1.54, 1.807) is 17.0 Å². The summed E-state index contributed by atoms with van der Waals surface area (Å²) in [7, 11) is -4.56. The quantitative estimate of drug-likeness (QED) is 0.284. The van der Waals surface area contributed by atoms with Crippen molar-refractivity contribution in [2.75, 3.05) is 91.0 Å². The van der Waals surface area contributed by atoms with Crippen LogP contribution in [-0.2, 0) is 35.9 Å². The second-order valence-electron chi connectivity index (χ2n) is 11.8. The number of halogens is 3. The number of hydrogen-bond acceptors (Lipinski definition) is 9. The first-order valence-electron chi connectivity index (χ1n) is 15.3. The van der Waals surface area contributed by atoms with Crippen LogP contribution in [0.3, 0.4) is 0 Å². The van der Waals surface area contributed by atoms with Crippen LogP contribution in [0, 0.1) is 0 Å². The number of benzene rings is 1. The maximum Gasteiger partial charge on any atom is 0.490 e. The summed E-state index contributed by atoms with van der Waals surface area (Å²) >= 11 is 0. The summed E-state index contributed by atoms with van der Waals surface area (Å²) in [6.07, 6.45) is -1.22. The van der Waals surface area contributed by atoms with Crippen LogP contribution in [0.25, 0.3) is 0 Å². The van der Waals surface area contributed by atoms with Crippen molar-refractivity contribution in [1.29, 1.82) is 0 Å². The van der Waals surface area contributed by atoms with Crippen LogP contribution >= 0.6 is 0 Å². The molecule has 2 aliphatic rings. The van der Waals surface area contributed by atoms with E-state index in [2.05, 4.69) is 35.6 Å². The standard InChI is InChI=1S/C27H47N5O5S2.C2HF3O2/c1-5-30(24(2)22-25-8-10-26(11-9-25)38(4,34)35)12-6-7-13-31-18-19-32(23-27(31)33)39(36,37)21-20-29-16-14-28(3)15-17-29;3-2(4,5)1(6)7/h8-11,24H,5-7,12-23H2,1-4H3;(H,6,7). The van der Waals surface area contributed by atoms with Gasteiger partial charge in [-0.1, -0.05) is 19.1 Å². The number of amides is 1. The van der Waals surface area contributed by atoms with E-state index in [0.717, 1.165) is 64.1 Å². The topological polar surface area (TPSA) is 139 Å². The van der Waals surface area contributed by atoms with Gasteiger partial charge in [-0.05, 0) is 64.0 Å². The zero-order valence-corrected chi connectivity index (χ0v) is 28.7. The second kappa shape index (κ2) is 17.7. The summed E-state index contributed by atoms with van der Waals surface area (Å²) in [5.41, 5.74) is 1.11. The fraction of sp³-hybridized carbons (Fsp3) is 0.724. The number of piperazine rings is 2. The summed E-state index contributed by atoms with van der Waals surface area (Å²) in [5, 5.41) is 7.12. The minimum absolute atomic E-state index is 0.0543. The molecular formula is C29H48F3N5O7S2. The second-order valence-corrected chi connectivity index (χ2v) is 15.9. The van der Waals surface area contributed by atoms with E-state index in [4.69, 9.17) is 9.90 Å². The Labute approximate surface area is 271 Å². The van der Waals surface area contributed by atoms with Crippen molar-refractivity contribution in [1.82, 2.24) is 23.9 Å². The molecule has 1 amide bonds. The van der Waals surface area contributed by atoms with Crippen LogP contribution in [0.1, 0.15) is 32.3 Å². The zero-order valence-electron chi connectivity index (χ0n) is 27.1. The van der Waals surface area contributed by atoms with Crippen molar-refractivity contribution in [2.45, 2.75) is 50.2 Å². The van der Waals surface area contributed by atoms with Crippen LogP contribution in [0.5, 0.6) is 0 Å². The minimum Gasteiger partial charge on any atom is -0.475 e. The van der Waals surface area contributed by atoms with Crippen LogP contribution in [0.2, 0.25) is 0 Å². The molecule has 1 N–H and O–H groups in total. The Morgan fingerprint density at radius 3 is 2.07 bits per heavy atom. The first kappa shape index (κ1) is 39.9. The number of unbranched alkanes of at least 4 members (excludes halogenated alkanes) is 1. The molecular weight excluding hydrogens is 651 g/mol. The molecule has 12 nitrogen and oxygen atoms in total. The third kappa shape index (κ3) is 13.4. The molecule has 1 unspecified atom stereocenters. The molecule has 0 radical (unpaired) electrons. The number of nitrogens with zero attached hydrogens (tertiary/aromatic N) is 5. The maximum atomic E-state index is 12.9. The molecule has 0 spiro atoms. The highest BCUT2D eigenvalue weighted by Gasteiger charge is 2.38. The molecule has 264 valence electrons. The fourth-order valence-corrected chi connectivity index (χ4v) is 7.30. The molecule has 17 heteroatoms. The third-order valence-electron chi connectivity index (χ3n) is 8.22. The lowest BCUT2D eigenvalue weighted by Crippen LogP contribution is -2.53. The number of carbonyl (C=O) groups excluding carboxylic acids is 1. The number of alkyl halides is 3. The number of hydrogen-bond donors (Lipinski definition) is 1. The number of likely N-dealkylation sites (N-methyl/N-ethyl adjacent to an activating group) is 2. The van der Waals surface area contributed by atoms with Crippen LogP contribution < -0.4 is 0 Å². The van der Waals surface area contributed by atoms with Crippen molar-refractivity contribution >= 4 is 31.7 Å². The maximum absolute atomic E-state index is 12.9. The lowest BCUT2D eigenvalue weighted by molar-refractivity contribution is -0.192. The Bertz CT molecular complexity index is 1340. The van der Waals surface area contributed by atoms with Crippen molar-refractivity contribution < 1.29 is 44.7 Å². The number of rotatable bonds is 14. The predicted molar refractivity (Wildman–Crippen MR) is 169 cm³/mol. The van der Waals surface area contributed by atoms with Gasteiger partial charge in [0.25, 0.3) is 0 Å². The number of carboxylic acid groups (broad SMARTS) is 1. The zero-order chi connectivity index (χ0) is 34.7. The van der Waals surface area contributed by atoms with E-state index < -0.39 is 32.0 Å². The summed E-state index contributed by atoms with van der Waals surface area (Å²) in [4.78, 5) is 30.6. The molecule has 3 rings (SSSR count). The third-order valence-corrected chi connectivity index (χ3v) is 11.1. The van der Waals surface area contributed by atoms with E-state index in [1.165, 1.54) is 10.6 Å². The number of carbonyl (C=O) groups is 2. The Hall–Kier alpha value is -2.31. The van der Waals surface area contributed by atoms with Gasteiger partial charge < -0.3 is 19.8 Å². The van der Waals surface area contributed by atoms with Crippen molar-refractivity contribution in [3.63, 3.8) is 0 Å². The molecule has 2 aliphatic heterocycles. The lowest BCUT2D eigenvalue weighted by Gasteiger charge is -2.35. The van der Waals surface area contributed by atoms with Crippen molar-refractivity contribution in [3.8, 4) is 0 Å². The highest BCUT2D eigenvalue weighted by Crippen LogP contribution is 2.16. The normalized spacial score (nSPS) is 18.3. The van der Waals surface area contributed by atoms with E-state index in [0.29, 0.717) is 37.1 Å². The SMILES string of the molecule is CCN(CCCCN1CCN(S(=O)(=O)CCN2CCN(C)CC2)CC1=O)C(C)Cc1ccc(S(C)(=O)=O)cc1.O=C(O)C(F)(F)F. The largest absolute Gasteiger partial charge is 0.490 e. The van der Waals surface area contributed by atoms with Crippen LogP contribution in [0.15, 0.2) is 29.2 Å². The van der Waals surface area contributed by atoms with Gasteiger partial charge in [-0.2, -0.15) is 17.5 Å². The number of sulfone groups is 1. The Kier molecular flexibility index (Phi) is 15.4. The van der Waals surface area contributed by atoms with Gasteiger partial charge in [-0.25, -0.2) is 21.6 Å². The Morgan fingerprint density at radius 2 is 1.57 bits per heavy atom. The number of carboxylic acids is 1. The van der Waals surface area contributed by atoms with Crippen molar-refractivity contribution in [3.05, 3.63) is 29.8 Å². The van der Waals surface area contributed by atoms with Gasteiger partial charge in [0.2, 0.25) is 15.9 Å². The minimum atomic E-state index is -5.08. The van der Waals surface area contributed by atoms with Crippen LogP contribution in [0.4, 0.5) is 13.2 Å². The summed E-state index contributed by atoms with van der Waals surface area (Å²) in [5.74, 6) is -2.80. The average molecular weight is 700 g/mol. The molecule has 2 heterocycles. The van der Waals surface area contributed by atoms with Gasteiger partial charge in [0.05, 0.1) is 17.2 Å². The van der Waals surface area contributed by atoms with Gasteiger partial charge in [0, 0.05) is 64.7 Å². The fourth-order valence-electron chi connectivity index (χ4n) is 5.26. The van der Waals surface area contributed by atoms with E-state index in [9.17, 15) is 34.8 Å². The molecule has 2 fully saturated rings. The van der Waals surface area contributed by atoms with Crippen molar-refractivity contribution in [2.24, 2.45) is 0 Å². The van der Waals surface area contributed by atoms with E-state index in [-0.39, 0.29) is 18.2 Å². The molecule has 2 saturated heterocycles. The first-order chi connectivity index (χ1) is 21.3. The lowest BCUT2D eigenvalue weighted by atomic mass is 10.1.